The predicted molar refractivity (Wildman–Crippen MR) is 231 cm³/mol. The third-order valence-corrected chi connectivity index (χ3v) is 11.4. The Morgan fingerprint density at radius 3 is 1.94 bits per heavy atom. The minimum atomic E-state index is -0.999. The lowest BCUT2D eigenvalue weighted by molar-refractivity contribution is -0.138. The number of rotatable bonds is 11. The topological polar surface area (TPSA) is 188 Å². The number of H-pyrrole nitrogens is 1. The molecule has 0 unspecified atom stereocenters. The fraction of sp³-hybridized carbons (Fsp3) is 0.255. The molecule has 5 amide bonds. The second kappa shape index (κ2) is 18.4. The highest BCUT2D eigenvalue weighted by atomic mass is 16.5. The van der Waals surface area contributed by atoms with Crippen LogP contribution in [0.1, 0.15) is 60.8 Å². The molecule has 15 heteroatoms. The number of amides is 5. The molecule has 6 aromatic rings. The molecule has 2 aromatic heterocycles. The summed E-state index contributed by atoms with van der Waals surface area (Å²) in [5.74, 6) is -0.255. The first-order valence-corrected chi connectivity index (χ1v) is 20.5. The zero-order valence-electron chi connectivity index (χ0n) is 34.2. The summed E-state index contributed by atoms with van der Waals surface area (Å²) in [5, 5.41) is 9.22. The van der Waals surface area contributed by atoms with Crippen LogP contribution >= 0.6 is 0 Å². The van der Waals surface area contributed by atoms with Crippen LogP contribution in [0.25, 0.3) is 33.4 Å². The van der Waals surface area contributed by atoms with Gasteiger partial charge in [0.05, 0.1) is 43.4 Å². The van der Waals surface area contributed by atoms with Crippen molar-refractivity contribution < 1.29 is 33.4 Å². The Morgan fingerprint density at radius 2 is 1.29 bits per heavy atom. The molecule has 62 heavy (non-hydrogen) atoms. The van der Waals surface area contributed by atoms with E-state index in [0.717, 1.165) is 46.3 Å². The Balaban J connectivity index is 0.924. The number of anilines is 1. The number of hydrogen-bond donors (Lipinski definition) is 4. The number of hydrogen-bond acceptors (Lipinski definition) is 9. The highest BCUT2D eigenvalue weighted by molar-refractivity contribution is 5.99. The van der Waals surface area contributed by atoms with Crippen LogP contribution in [-0.4, -0.2) is 88.0 Å². The van der Waals surface area contributed by atoms with Gasteiger partial charge in [-0.3, -0.25) is 14.4 Å². The number of nitrogens with one attached hydrogen (secondary N) is 4. The highest BCUT2D eigenvalue weighted by Gasteiger charge is 2.39. The largest absolute Gasteiger partial charge is 0.453 e. The minimum absolute atomic E-state index is 0.233. The summed E-state index contributed by atoms with van der Waals surface area (Å²) in [7, 11) is 2.51. The van der Waals surface area contributed by atoms with Gasteiger partial charge in [0.15, 0.2) is 0 Å². The van der Waals surface area contributed by atoms with Crippen LogP contribution in [0.15, 0.2) is 121 Å². The SMILES string of the molecule is COC(=O)N[C@@H](C(=O)N1CCC[C@H]1C(=O)Nc1ccc(-c2ccc3cc(-c4cnc([C@@H]5CCCN5C(=O)[C@H](NC(=O)OC)c5ccccc5)[nH]4)ccc3n2)cc1)c1ccccc1. The van der Waals surface area contributed by atoms with E-state index in [1.807, 2.05) is 66.7 Å². The summed E-state index contributed by atoms with van der Waals surface area (Å²) in [6.07, 6.45) is 3.01. The van der Waals surface area contributed by atoms with Crippen molar-refractivity contribution in [2.75, 3.05) is 32.6 Å². The Bertz CT molecular complexity index is 2580. The quantitative estimate of drug-likeness (QED) is 0.106. The van der Waals surface area contributed by atoms with Gasteiger partial charge in [-0.2, -0.15) is 0 Å². The first-order valence-electron chi connectivity index (χ1n) is 20.5. The molecule has 15 nitrogen and oxygen atoms in total. The number of carbonyl (C=O) groups excluding carboxylic acids is 5. The molecule has 2 saturated heterocycles. The van der Waals surface area contributed by atoms with E-state index in [1.165, 1.54) is 19.1 Å². The molecule has 4 heterocycles. The van der Waals surface area contributed by atoms with E-state index in [4.69, 9.17) is 19.4 Å². The number of pyridine rings is 1. The summed E-state index contributed by atoms with van der Waals surface area (Å²) in [4.78, 5) is 82.0. The number of carbonyl (C=O) groups is 5. The Kier molecular flexibility index (Phi) is 12.2. The molecular formula is C47H46N8O7. The second-order valence-corrected chi connectivity index (χ2v) is 15.2. The number of imidazole rings is 1. The van der Waals surface area contributed by atoms with Crippen molar-refractivity contribution >= 4 is 46.5 Å². The third-order valence-electron chi connectivity index (χ3n) is 11.4. The minimum Gasteiger partial charge on any atom is -0.453 e. The van der Waals surface area contributed by atoms with E-state index in [9.17, 15) is 24.0 Å². The highest BCUT2D eigenvalue weighted by Crippen LogP contribution is 2.35. The third kappa shape index (κ3) is 8.82. The van der Waals surface area contributed by atoms with Gasteiger partial charge in [0, 0.05) is 35.3 Å². The van der Waals surface area contributed by atoms with Crippen LogP contribution in [0.2, 0.25) is 0 Å². The van der Waals surface area contributed by atoms with Gasteiger partial charge >= 0.3 is 12.2 Å². The van der Waals surface area contributed by atoms with Crippen LogP contribution in [0, 0.1) is 0 Å². The van der Waals surface area contributed by atoms with Crippen molar-refractivity contribution in [2.24, 2.45) is 0 Å². The van der Waals surface area contributed by atoms with Crippen LogP contribution in [0.3, 0.4) is 0 Å². The van der Waals surface area contributed by atoms with Crippen molar-refractivity contribution in [2.45, 2.75) is 49.9 Å². The van der Waals surface area contributed by atoms with Crippen LogP contribution < -0.4 is 16.0 Å². The number of ether oxygens (including phenoxy) is 2. The summed E-state index contributed by atoms with van der Waals surface area (Å²) >= 11 is 0. The Morgan fingerprint density at radius 1 is 0.694 bits per heavy atom. The Labute approximate surface area is 357 Å². The monoisotopic (exact) mass is 834 g/mol. The standard InChI is InChI=1S/C47H46N8O7/c1-61-46(59)52-40(30-11-5-3-6-12-30)44(57)54-25-9-15-38(54)42-48-28-37(51-42)33-20-24-36-32(27-33)19-23-35(50-36)29-17-21-34(22-18-29)49-43(56)39-16-10-26-55(39)45(58)41(53-47(60)62-2)31-13-7-4-8-14-31/h3-8,11-14,17-24,27-28,38-41H,9-10,15-16,25-26H2,1-2H3,(H,48,51)(H,49,56)(H,52,59)(H,53,60)/t38-,39-,40+,41+/m0/s1. The second-order valence-electron chi connectivity index (χ2n) is 15.2. The van der Waals surface area contributed by atoms with Gasteiger partial charge in [0.25, 0.3) is 11.8 Å². The summed E-state index contributed by atoms with van der Waals surface area (Å²) in [6.45, 7) is 0.916. The molecule has 2 aliphatic rings. The van der Waals surface area contributed by atoms with Crippen molar-refractivity contribution in [3.63, 3.8) is 0 Å². The molecular weight excluding hydrogens is 789 g/mol. The van der Waals surface area contributed by atoms with Crippen LogP contribution in [0.4, 0.5) is 15.3 Å². The van der Waals surface area contributed by atoms with Gasteiger partial charge in [0.2, 0.25) is 5.91 Å². The van der Waals surface area contributed by atoms with Gasteiger partial charge in [-0.15, -0.1) is 0 Å². The molecule has 4 aromatic carbocycles. The molecule has 4 N–H and O–H groups in total. The average molecular weight is 835 g/mol. The lowest BCUT2D eigenvalue weighted by Crippen LogP contribution is -2.48. The molecule has 316 valence electrons. The van der Waals surface area contributed by atoms with Crippen molar-refractivity contribution in [3.8, 4) is 22.5 Å². The Hall–Kier alpha value is -7.55. The number of methoxy groups -OCH3 is 2. The van der Waals surface area contributed by atoms with Crippen molar-refractivity contribution in [1.82, 2.24) is 35.4 Å². The van der Waals surface area contributed by atoms with E-state index in [1.54, 1.807) is 59.6 Å². The maximum absolute atomic E-state index is 13.9. The molecule has 8 rings (SSSR count). The van der Waals surface area contributed by atoms with Gasteiger partial charge in [0.1, 0.15) is 23.9 Å². The van der Waals surface area contributed by atoms with E-state index < -0.39 is 30.3 Å². The molecule has 0 spiro atoms. The predicted octanol–water partition coefficient (Wildman–Crippen LogP) is 7.08. The molecule has 2 fully saturated rings. The van der Waals surface area contributed by atoms with Gasteiger partial charge in [-0.05, 0) is 67.1 Å². The van der Waals surface area contributed by atoms with E-state index in [-0.39, 0.29) is 23.8 Å². The lowest BCUT2D eigenvalue weighted by Gasteiger charge is -2.28. The molecule has 0 aliphatic carbocycles. The number of aromatic nitrogens is 3. The number of fused-ring (bicyclic) bond motifs is 1. The van der Waals surface area contributed by atoms with E-state index >= 15 is 0 Å². The summed E-state index contributed by atoms with van der Waals surface area (Å²) < 4.78 is 9.60. The number of likely N-dealkylation sites (tertiary alicyclic amines) is 2. The molecule has 0 bridgehead atoms. The summed E-state index contributed by atoms with van der Waals surface area (Å²) in [6, 6.07) is 32.4. The van der Waals surface area contributed by atoms with Crippen molar-refractivity contribution in [3.05, 3.63) is 138 Å². The zero-order valence-corrected chi connectivity index (χ0v) is 34.2. The van der Waals surface area contributed by atoms with Gasteiger partial charge in [-0.1, -0.05) is 84.9 Å². The molecule has 2 aliphatic heterocycles. The van der Waals surface area contributed by atoms with E-state index in [2.05, 4.69) is 20.9 Å². The normalized spacial score (nSPS) is 16.9. The number of alkyl carbamates (subject to hydrolysis) is 2. The zero-order chi connectivity index (χ0) is 43.2. The van der Waals surface area contributed by atoms with Crippen LogP contribution in [-0.2, 0) is 23.9 Å². The lowest BCUT2D eigenvalue weighted by atomic mass is 10.0. The fourth-order valence-corrected chi connectivity index (χ4v) is 8.23. The number of nitrogens with zero attached hydrogens (tertiary/aromatic N) is 4. The fourth-order valence-electron chi connectivity index (χ4n) is 8.23. The first-order chi connectivity index (χ1) is 30.2. The van der Waals surface area contributed by atoms with Crippen molar-refractivity contribution in [1.29, 1.82) is 0 Å². The number of aromatic amines is 1. The first kappa shape index (κ1) is 41.2. The maximum Gasteiger partial charge on any atom is 0.407 e. The smallest absolute Gasteiger partial charge is 0.407 e. The molecule has 0 saturated carbocycles. The average Bonchev–Trinajstić information content (AvgIpc) is 4.12. The number of benzene rings is 4. The van der Waals surface area contributed by atoms with Gasteiger partial charge in [-0.25, -0.2) is 19.6 Å². The van der Waals surface area contributed by atoms with Gasteiger partial charge < -0.3 is 40.2 Å². The maximum atomic E-state index is 13.9. The van der Waals surface area contributed by atoms with Crippen LogP contribution in [0.5, 0.6) is 0 Å². The summed E-state index contributed by atoms with van der Waals surface area (Å²) in [5.41, 5.74) is 5.95. The molecule has 0 radical (unpaired) electrons. The van der Waals surface area contributed by atoms with E-state index in [0.29, 0.717) is 48.6 Å². The molecule has 4 atom stereocenters.